The van der Waals surface area contributed by atoms with Gasteiger partial charge in [0.2, 0.25) is 0 Å². The van der Waals surface area contributed by atoms with E-state index in [4.69, 9.17) is 0 Å². The zero-order valence-corrected chi connectivity index (χ0v) is 37.0. The molecule has 0 atom stereocenters. The van der Waals surface area contributed by atoms with Gasteiger partial charge in [0.25, 0.3) is 0 Å². The maximum atomic E-state index is 12.5. The Labute approximate surface area is 359 Å². The van der Waals surface area contributed by atoms with Crippen LogP contribution in [0.1, 0.15) is 156 Å². The molecule has 10 heteroatoms. The smallest absolute Gasteiger partial charge is 0.323 e. The lowest BCUT2D eigenvalue weighted by Gasteiger charge is -2.21. The first-order valence-electron chi connectivity index (χ1n) is 22.9. The van der Waals surface area contributed by atoms with Crippen molar-refractivity contribution in [3.05, 3.63) is 72.8 Å². The quantitative estimate of drug-likeness (QED) is 0.0232. The molecule has 0 fully saturated rings. The maximum Gasteiger partial charge on any atom is 0.323 e. The van der Waals surface area contributed by atoms with E-state index in [0.29, 0.717) is 0 Å². The van der Waals surface area contributed by atoms with E-state index in [-0.39, 0.29) is 24.1 Å². The van der Waals surface area contributed by atoms with Crippen LogP contribution in [0.4, 0.5) is 19.2 Å². The van der Waals surface area contributed by atoms with E-state index in [1.807, 2.05) is 0 Å². The second-order valence-electron chi connectivity index (χ2n) is 16.1. The van der Waals surface area contributed by atoms with E-state index < -0.39 is 12.1 Å². The molecule has 0 aromatic heterocycles. The zero-order chi connectivity index (χ0) is 43.5. The van der Waals surface area contributed by atoms with Gasteiger partial charge in [-0.3, -0.25) is 10.6 Å². The van der Waals surface area contributed by atoms with Crippen LogP contribution in [-0.4, -0.2) is 36.2 Å². The summed E-state index contributed by atoms with van der Waals surface area (Å²) in [7, 11) is 0. The van der Waals surface area contributed by atoms with Crippen molar-refractivity contribution in [3.8, 4) is 0 Å². The van der Waals surface area contributed by atoms with Gasteiger partial charge in [-0.05, 0) is 68.8 Å². The molecule has 5 rings (SSSR count). The van der Waals surface area contributed by atoms with E-state index in [0.717, 1.165) is 51.4 Å². The highest BCUT2D eigenvalue weighted by Gasteiger charge is 2.17. The van der Waals surface area contributed by atoms with Gasteiger partial charge in [0.05, 0.1) is 0 Å². The zero-order valence-electron chi connectivity index (χ0n) is 37.0. The molecule has 5 aromatic carbocycles. The highest BCUT2D eigenvalue weighted by atomic mass is 16.2. The molecule has 0 aliphatic carbocycles. The summed E-state index contributed by atoms with van der Waals surface area (Å²) in [6.07, 6.45) is 23.2. The second-order valence-corrected chi connectivity index (χ2v) is 16.1. The molecular weight excluding hydrogens is 749 g/mol. The number of carbonyl (C=O) groups excluding carboxylic acids is 4. The average Bonchev–Trinajstić information content (AvgIpc) is 3.22. The number of unbranched alkanes of at least 4 members (excludes halogenated alkanes) is 12. The number of benzene rings is 5. The summed E-state index contributed by atoms with van der Waals surface area (Å²) in [5.74, 6) is 0. The minimum atomic E-state index is -0.938. The molecule has 0 saturated heterocycles. The highest BCUT2D eigenvalue weighted by Crippen LogP contribution is 2.39. The third-order valence-electron chi connectivity index (χ3n) is 11.2. The number of nitrogens with one attached hydrogen (secondary N) is 4. The third-order valence-corrected chi connectivity index (χ3v) is 11.2. The van der Waals surface area contributed by atoms with E-state index in [1.165, 1.54) is 120 Å². The fourth-order valence-electron chi connectivity index (χ4n) is 8.09. The molecule has 60 heavy (non-hydrogen) atoms. The van der Waals surface area contributed by atoms with Gasteiger partial charge in [-0.1, -0.05) is 203 Å². The largest absolute Gasteiger partial charge is 0.351 e. The first kappa shape index (κ1) is 49.2. The Hall–Kier alpha value is -5.12. The SMILES string of the molecule is CCCCCCC(CCCCCC)NC(=O)NC(=O)NC(CCCCCC)CCCCCC.NC(=O)NC(N)=O.c1cc2cccc3c4cccc5cccc(c(c1)c23)c54. The van der Waals surface area contributed by atoms with Crippen LogP contribution in [0.5, 0.6) is 0 Å². The van der Waals surface area contributed by atoms with Crippen molar-refractivity contribution in [2.24, 2.45) is 11.5 Å². The normalized spacial score (nSPS) is 11.0. The summed E-state index contributed by atoms with van der Waals surface area (Å²) in [4.78, 5) is 44.3. The number of rotatable bonds is 22. The van der Waals surface area contributed by atoms with Gasteiger partial charge in [-0.25, -0.2) is 19.2 Å². The van der Waals surface area contributed by atoms with E-state index in [2.05, 4.69) is 128 Å². The van der Waals surface area contributed by atoms with Gasteiger partial charge in [-0.15, -0.1) is 0 Å². The molecule has 0 radical (unpaired) electrons. The Kier molecular flexibility index (Phi) is 23.3. The number of amides is 8. The maximum absolute atomic E-state index is 12.5. The first-order chi connectivity index (χ1) is 29.1. The van der Waals surface area contributed by atoms with Crippen molar-refractivity contribution in [2.75, 3.05) is 0 Å². The van der Waals surface area contributed by atoms with Crippen LogP contribution >= 0.6 is 0 Å². The van der Waals surface area contributed by atoms with Crippen molar-refractivity contribution in [1.29, 1.82) is 0 Å². The molecule has 8 N–H and O–H groups in total. The highest BCUT2D eigenvalue weighted by molar-refractivity contribution is 6.32. The molecular formula is C50H74N6O4. The standard InChI is InChI=1S/C28H57N3O2.C20H12.C2H5N3O2/c1-5-9-13-17-21-25(22-18-14-10-6-2)29-27(32)31-28(33)30-26(23-19-15-11-7-3)24-20-16-12-8-4;1-5-13-6-2-11-17-18-12-4-8-14-7-3-10-16(20(14)18)15(9-1)19(13)17;3-1(6)5-2(4)7/h25-26H,5-24H2,1-4H3,(H3,29,30,31,32,33);1-12H;(H5,3,4,5,6,7). The van der Waals surface area contributed by atoms with E-state index >= 15 is 0 Å². The Morgan fingerprint density at radius 3 is 0.933 bits per heavy atom. The van der Waals surface area contributed by atoms with Crippen LogP contribution in [0, 0.1) is 0 Å². The lowest BCUT2D eigenvalue weighted by atomic mass is 9.90. The molecule has 8 amide bonds. The Bertz CT molecular complexity index is 1770. The summed E-state index contributed by atoms with van der Waals surface area (Å²) in [6.45, 7) is 8.86. The predicted octanol–water partition coefficient (Wildman–Crippen LogP) is 13.1. The Morgan fingerprint density at radius 2 is 0.700 bits per heavy atom. The van der Waals surface area contributed by atoms with Gasteiger partial charge >= 0.3 is 24.1 Å². The van der Waals surface area contributed by atoms with Gasteiger partial charge < -0.3 is 22.1 Å². The second kappa shape index (κ2) is 28.4. The number of nitrogens with two attached hydrogens (primary N) is 2. The first-order valence-corrected chi connectivity index (χ1v) is 22.9. The van der Waals surface area contributed by atoms with Crippen molar-refractivity contribution < 1.29 is 19.2 Å². The van der Waals surface area contributed by atoms with E-state index in [1.54, 1.807) is 5.32 Å². The molecule has 0 bridgehead atoms. The van der Waals surface area contributed by atoms with Crippen LogP contribution < -0.4 is 32.7 Å². The van der Waals surface area contributed by atoms with Crippen LogP contribution in [0.2, 0.25) is 0 Å². The third kappa shape index (κ3) is 17.2. The minimum absolute atomic E-state index is 0.158. The van der Waals surface area contributed by atoms with Crippen LogP contribution in [0.15, 0.2) is 72.8 Å². The van der Waals surface area contributed by atoms with Crippen LogP contribution in [0.25, 0.3) is 43.1 Å². The molecule has 0 unspecified atom stereocenters. The fraction of sp³-hybridized carbons (Fsp3) is 0.520. The molecule has 5 aromatic rings. The van der Waals surface area contributed by atoms with Crippen molar-refractivity contribution >= 4 is 67.2 Å². The Morgan fingerprint density at radius 1 is 0.417 bits per heavy atom. The average molecular weight is 823 g/mol. The molecule has 0 aliphatic rings. The van der Waals surface area contributed by atoms with Crippen LogP contribution in [0.3, 0.4) is 0 Å². The molecule has 328 valence electrons. The topological polar surface area (TPSA) is 168 Å². The molecule has 0 saturated carbocycles. The molecule has 0 aliphatic heterocycles. The lowest BCUT2D eigenvalue weighted by Crippen LogP contribution is -2.50. The summed E-state index contributed by atoms with van der Waals surface area (Å²) >= 11 is 0. The monoisotopic (exact) mass is 823 g/mol. The number of imide groups is 2. The number of primary amides is 2. The number of hydrogen-bond donors (Lipinski definition) is 6. The summed E-state index contributed by atoms with van der Waals surface area (Å²) < 4.78 is 0. The fourth-order valence-corrected chi connectivity index (χ4v) is 8.09. The summed E-state index contributed by atoms with van der Waals surface area (Å²) in [5, 5.41) is 21.2. The van der Waals surface area contributed by atoms with Gasteiger partial charge in [0.15, 0.2) is 0 Å². The number of hydrogen-bond acceptors (Lipinski definition) is 4. The van der Waals surface area contributed by atoms with Gasteiger partial charge in [0, 0.05) is 12.1 Å². The van der Waals surface area contributed by atoms with E-state index in [9.17, 15) is 19.2 Å². The van der Waals surface area contributed by atoms with Crippen molar-refractivity contribution in [2.45, 2.75) is 168 Å². The molecule has 0 spiro atoms. The summed E-state index contributed by atoms with van der Waals surface area (Å²) in [5.41, 5.74) is 8.88. The van der Waals surface area contributed by atoms with Crippen LogP contribution in [-0.2, 0) is 0 Å². The van der Waals surface area contributed by atoms with Crippen molar-refractivity contribution in [3.63, 3.8) is 0 Å². The molecule has 10 nitrogen and oxygen atoms in total. The Balaban J connectivity index is 0.000000294. The predicted molar refractivity (Wildman–Crippen MR) is 253 cm³/mol. The summed E-state index contributed by atoms with van der Waals surface area (Å²) in [6, 6.07) is 24.2. The molecule has 0 heterocycles. The van der Waals surface area contributed by atoms with Gasteiger partial charge in [-0.2, -0.15) is 0 Å². The number of fused-ring (bicyclic) bond motifs is 2. The minimum Gasteiger partial charge on any atom is -0.351 e. The number of urea groups is 4. The number of carbonyl (C=O) groups is 4. The lowest BCUT2D eigenvalue weighted by molar-refractivity contribution is 0.220. The van der Waals surface area contributed by atoms with Gasteiger partial charge in [0.1, 0.15) is 0 Å². The van der Waals surface area contributed by atoms with Crippen molar-refractivity contribution in [1.82, 2.24) is 21.3 Å².